The Kier molecular flexibility index (Phi) is 7.55. The summed E-state index contributed by atoms with van der Waals surface area (Å²) in [4.78, 5) is 19.6. The lowest BCUT2D eigenvalue weighted by molar-refractivity contribution is -0.162. The molecular weight excluding hydrogens is 545 g/mol. The smallest absolute Gasteiger partial charge is 0.382 e. The molecule has 0 atom stereocenters. The quantitative estimate of drug-likeness (QED) is 0.294. The summed E-state index contributed by atoms with van der Waals surface area (Å²) in [7, 11) is 0. The van der Waals surface area contributed by atoms with Crippen molar-refractivity contribution in [3.63, 3.8) is 0 Å². The van der Waals surface area contributed by atoms with Crippen molar-refractivity contribution in [2.45, 2.75) is 32.0 Å². The number of hydrogen-bond acceptors (Lipinski definition) is 6. The zero-order valence-electron chi connectivity index (χ0n) is 23.0. The molecule has 42 heavy (non-hydrogen) atoms. The molecule has 1 aliphatic heterocycles. The Morgan fingerprint density at radius 2 is 1.79 bits per heavy atom. The number of aryl methyl sites for hydroxylation is 1. The maximum absolute atomic E-state index is 12.6. The number of aromatic nitrogens is 5. The molecule has 0 unspecified atom stereocenters. The first-order valence-corrected chi connectivity index (χ1v) is 13.9. The third-order valence-electron chi connectivity index (χ3n) is 7.69. The van der Waals surface area contributed by atoms with Gasteiger partial charge in [0.05, 0.1) is 12.1 Å². The Morgan fingerprint density at radius 1 is 1.00 bits per heavy atom. The van der Waals surface area contributed by atoms with Gasteiger partial charge in [-0.05, 0) is 42.6 Å². The summed E-state index contributed by atoms with van der Waals surface area (Å²) >= 11 is 0. The number of fused-ring (bicyclic) bond motifs is 2. The first-order chi connectivity index (χ1) is 20.2. The van der Waals surface area contributed by atoms with Gasteiger partial charge in [0.15, 0.2) is 5.82 Å². The number of hydrogen-bond donors (Lipinski definition) is 1. The molecule has 1 amide bonds. The number of halogens is 3. The highest BCUT2D eigenvalue weighted by Gasteiger charge is 2.34. The van der Waals surface area contributed by atoms with E-state index in [0.717, 1.165) is 52.6 Å². The van der Waals surface area contributed by atoms with E-state index in [1.165, 1.54) is 16.8 Å². The van der Waals surface area contributed by atoms with Gasteiger partial charge in [-0.25, -0.2) is 9.50 Å². The molecule has 12 heteroatoms. The molecule has 0 spiro atoms. The van der Waals surface area contributed by atoms with Crippen molar-refractivity contribution in [3.05, 3.63) is 78.4 Å². The van der Waals surface area contributed by atoms with Crippen LogP contribution in [-0.2, 0) is 17.8 Å². The average molecular weight is 577 g/mol. The van der Waals surface area contributed by atoms with Gasteiger partial charge in [-0.3, -0.25) is 14.4 Å². The summed E-state index contributed by atoms with van der Waals surface area (Å²) in [5.74, 6) is -0.464. The van der Waals surface area contributed by atoms with Gasteiger partial charge in [0.1, 0.15) is 18.3 Å². The fourth-order valence-electron chi connectivity index (χ4n) is 5.61. The van der Waals surface area contributed by atoms with Crippen molar-refractivity contribution in [1.82, 2.24) is 34.2 Å². The Hall–Kier alpha value is -4.45. The van der Waals surface area contributed by atoms with Crippen LogP contribution in [-0.4, -0.2) is 79.0 Å². The van der Waals surface area contributed by atoms with Crippen LogP contribution in [0.4, 0.5) is 19.0 Å². The second kappa shape index (κ2) is 11.4. The van der Waals surface area contributed by atoms with Crippen molar-refractivity contribution in [1.29, 1.82) is 0 Å². The van der Waals surface area contributed by atoms with Crippen LogP contribution in [0.2, 0.25) is 0 Å². The lowest BCUT2D eigenvalue weighted by atomic mass is 10.0. The normalized spacial score (nSPS) is 14.7. The number of alkyl halides is 3. The molecule has 0 bridgehead atoms. The highest BCUT2D eigenvalue weighted by atomic mass is 19.4. The number of nitrogen functional groups attached to an aromatic ring is 1. The van der Waals surface area contributed by atoms with Crippen molar-refractivity contribution in [3.8, 4) is 11.1 Å². The molecule has 218 valence electrons. The highest BCUT2D eigenvalue weighted by molar-refractivity contribution is 5.92. The number of carbonyl (C=O) groups is 1. The maximum atomic E-state index is 12.6. The van der Waals surface area contributed by atoms with Crippen molar-refractivity contribution in [2.75, 3.05) is 38.5 Å². The van der Waals surface area contributed by atoms with Gasteiger partial charge in [-0.15, -0.1) is 0 Å². The van der Waals surface area contributed by atoms with E-state index in [-0.39, 0.29) is 0 Å². The number of nitrogens with two attached hydrogens (primary N) is 1. The molecule has 1 fully saturated rings. The van der Waals surface area contributed by atoms with Gasteiger partial charge in [0.25, 0.3) is 0 Å². The van der Waals surface area contributed by atoms with E-state index < -0.39 is 18.5 Å². The van der Waals surface area contributed by atoms with E-state index in [4.69, 9.17) is 10.8 Å². The van der Waals surface area contributed by atoms with Crippen LogP contribution in [0.5, 0.6) is 0 Å². The van der Waals surface area contributed by atoms with Crippen LogP contribution in [0.3, 0.4) is 0 Å². The highest BCUT2D eigenvalue weighted by Crippen LogP contribution is 2.32. The number of carbonyl (C=O) groups excluding carboxylic acids is 1. The number of anilines is 1. The number of rotatable bonds is 8. The molecule has 5 aromatic rings. The predicted molar refractivity (Wildman–Crippen MR) is 154 cm³/mol. The molecule has 6 rings (SSSR count). The lowest BCUT2D eigenvalue weighted by Crippen LogP contribution is -2.49. The minimum atomic E-state index is -4.48. The van der Waals surface area contributed by atoms with Crippen LogP contribution < -0.4 is 5.73 Å². The number of piperazine rings is 1. The zero-order chi connectivity index (χ0) is 29.3. The van der Waals surface area contributed by atoms with Crippen LogP contribution in [0.25, 0.3) is 27.5 Å². The maximum Gasteiger partial charge on any atom is 0.397 e. The fourth-order valence-corrected chi connectivity index (χ4v) is 5.61. The minimum absolute atomic E-state index is 0.306. The van der Waals surface area contributed by atoms with Crippen LogP contribution in [0, 0.1) is 0 Å². The monoisotopic (exact) mass is 576 g/mol. The standard InChI is InChI=1S/C30H31F3N8O/c31-30(32,33)17-27(42)39-13-11-38(12-14-39)10-4-7-24-16-25(28-29(34)35-20-36-41(24)28)22-8-9-23-19-40(37-26(23)15-22)18-21-5-2-1-3-6-21/h1-3,5-6,8-9,15-16,19-20H,4,7,10-14,17-18H2,(H2,34,35,36). The van der Waals surface area contributed by atoms with Gasteiger partial charge in [0, 0.05) is 49.0 Å². The molecule has 2 aromatic carbocycles. The third kappa shape index (κ3) is 6.08. The van der Waals surface area contributed by atoms with Gasteiger partial charge in [-0.1, -0.05) is 42.5 Å². The molecule has 0 saturated carbocycles. The predicted octanol–water partition coefficient (Wildman–Crippen LogP) is 4.41. The molecule has 1 saturated heterocycles. The number of benzene rings is 2. The molecule has 1 aliphatic rings. The molecule has 2 N–H and O–H groups in total. The second-order valence-corrected chi connectivity index (χ2v) is 10.7. The van der Waals surface area contributed by atoms with E-state index >= 15 is 0 Å². The fraction of sp³-hybridized carbons (Fsp3) is 0.333. The Bertz CT molecular complexity index is 1700. The van der Waals surface area contributed by atoms with Gasteiger partial charge < -0.3 is 10.6 Å². The lowest BCUT2D eigenvalue weighted by Gasteiger charge is -2.34. The first-order valence-electron chi connectivity index (χ1n) is 13.9. The van der Waals surface area contributed by atoms with Crippen LogP contribution >= 0.6 is 0 Å². The van der Waals surface area contributed by atoms with Crippen molar-refractivity contribution in [2.24, 2.45) is 0 Å². The van der Waals surface area contributed by atoms with Crippen molar-refractivity contribution < 1.29 is 18.0 Å². The third-order valence-corrected chi connectivity index (χ3v) is 7.69. The second-order valence-electron chi connectivity index (χ2n) is 10.7. The Labute approximate surface area is 240 Å². The van der Waals surface area contributed by atoms with E-state index in [2.05, 4.69) is 51.4 Å². The van der Waals surface area contributed by atoms with E-state index in [0.29, 0.717) is 38.5 Å². The first kappa shape index (κ1) is 27.7. The van der Waals surface area contributed by atoms with E-state index in [1.807, 2.05) is 33.6 Å². The van der Waals surface area contributed by atoms with Gasteiger partial charge in [0.2, 0.25) is 5.91 Å². The topological polar surface area (TPSA) is 97.6 Å². The van der Waals surface area contributed by atoms with Crippen LogP contribution in [0.15, 0.2) is 67.1 Å². The summed E-state index contributed by atoms with van der Waals surface area (Å²) in [6, 6.07) is 18.5. The Morgan fingerprint density at radius 3 is 2.55 bits per heavy atom. The molecule has 3 aromatic heterocycles. The molecular formula is C30H31F3N8O. The summed E-state index contributed by atoms with van der Waals surface area (Å²) in [5.41, 5.74) is 12.0. The average Bonchev–Trinajstić information content (AvgIpc) is 3.54. The summed E-state index contributed by atoms with van der Waals surface area (Å²) in [6.07, 6.45) is -0.854. The van der Waals surface area contributed by atoms with Crippen molar-refractivity contribution >= 4 is 28.1 Å². The summed E-state index contributed by atoms with van der Waals surface area (Å²) < 4.78 is 41.5. The Balaban J connectivity index is 1.15. The molecule has 0 aliphatic carbocycles. The molecule has 0 radical (unpaired) electrons. The number of nitrogens with zero attached hydrogens (tertiary/aromatic N) is 7. The SMILES string of the molecule is Nc1ncnn2c(CCCN3CCN(C(=O)CC(F)(F)F)CC3)cc(-c3ccc4cn(Cc5ccccc5)nc4c3)c12. The largest absolute Gasteiger partial charge is 0.397 e. The van der Waals surface area contributed by atoms with E-state index in [9.17, 15) is 18.0 Å². The van der Waals surface area contributed by atoms with Gasteiger partial charge >= 0.3 is 6.18 Å². The zero-order valence-corrected chi connectivity index (χ0v) is 23.0. The minimum Gasteiger partial charge on any atom is -0.382 e. The summed E-state index contributed by atoms with van der Waals surface area (Å²) in [6.45, 7) is 3.16. The molecule has 9 nitrogen and oxygen atoms in total. The summed E-state index contributed by atoms with van der Waals surface area (Å²) in [5, 5.41) is 10.3. The number of amides is 1. The van der Waals surface area contributed by atoms with Gasteiger partial charge in [-0.2, -0.15) is 23.4 Å². The van der Waals surface area contributed by atoms with Crippen LogP contribution in [0.1, 0.15) is 24.1 Å². The molecule has 4 heterocycles. The van der Waals surface area contributed by atoms with E-state index in [1.54, 1.807) is 0 Å².